The Morgan fingerprint density at radius 2 is 1.70 bits per heavy atom. The third-order valence-corrected chi connectivity index (χ3v) is 3.93. The van der Waals surface area contributed by atoms with Crippen molar-refractivity contribution in [2.45, 2.75) is 6.54 Å². The molecular formula is C17H13ClN2O3. The smallest absolute Gasteiger partial charge is 0.273 e. The molecule has 6 heteroatoms. The van der Waals surface area contributed by atoms with Crippen LogP contribution in [0.5, 0.6) is 5.75 Å². The molecule has 116 valence electrons. The summed E-state index contributed by atoms with van der Waals surface area (Å²) in [7, 11) is 1.56. The lowest BCUT2D eigenvalue weighted by Crippen LogP contribution is -2.30. The van der Waals surface area contributed by atoms with E-state index in [1.807, 2.05) is 0 Å². The van der Waals surface area contributed by atoms with Gasteiger partial charge in [0.05, 0.1) is 19.2 Å². The van der Waals surface area contributed by atoms with Crippen molar-refractivity contribution >= 4 is 29.0 Å². The number of nitrogens with zero attached hydrogens (tertiary/aromatic N) is 2. The molecule has 0 bridgehead atoms. The van der Waals surface area contributed by atoms with Crippen LogP contribution in [0, 0.1) is 0 Å². The zero-order valence-electron chi connectivity index (χ0n) is 12.3. The minimum atomic E-state index is -0.487. The van der Waals surface area contributed by atoms with Gasteiger partial charge >= 0.3 is 0 Å². The van der Waals surface area contributed by atoms with Gasteiger partial charge in [-0.1, -0.05) is 23.7 Å². The lowest BCUT2D eigenvalue weighted by Gasteiger charge is -2.14. The highest BCUT2D eigenvalue weighted by Crippen LogP contribution is 2.33. The average molecular weight is 329 g/mol. The van der Waals surface area contributed by atoms with E-state index in [4.69, 9.17) is 16.3 Å². The summed E-state index contributed by atoms with van der Waals surface area (Å²) in [6, 6.07) is 10.3. The van der Waals surface area contributed by atoms with Crippen molar-refractivity contribution in [3.8, 4) is 5.75 Å². The number of pyridine rings is 1. The molecule has 2 heterocycles. The fourth-order valence-corrected chi connectivity index (χ4v) is 2.66. The molecular weight excluding hydrogens is 316 g/mol. The lowest BCUT2D eigenvalue weighted by molar-refractivity contribution is -0.137. The third kappa shape index (κ3) is 2.83. The standard InChI is InChI=1S/C17H13ClN2O3/c1-23-13-4-2-12(3-5-13)14-15(18)17(22)20(16(14)21)10-11-6-8-19-9-7-11/h2-9H,10H2,1H3. The molecule has 23 heavy (non-hydrogen) atoms. The van der Waals surface area contributed by atoms with Gasteiger partial charge in [0.25, 0.3) is 11.8 Å². The number of halogens is 1. The van der Waals surface area contributed by atoms with Crippen LogP contribution in [0.25, 0.3) is 5.57 Å². The number of carbonyl (C=O) groups is 2. The Morgan fingerprint density at radius 3 is 2.30 bits per heavy atom. The van der Waals surface area contributed by atoms with E-state index in [0.29, 0.717) is 11.3 Å². The van der Waals surface area contributed by atoms with E-state index < -0.39 is 11.8 Å². The molecule has 2 aromatic rings. The van der Waals surface area contributed by atoms with Crippen molar-refractivity contribution in [3.63, 3.8) is 0 Å². The van der Waals surface area contributed by atoms with E-state index in [9.17, 15) is 9.59 Å². The number of amides is 2. The number of carbonyl (C=O) groups excluding carboxylic acids is 2. The van der Waals surface area contributed by atoms with E-state index >= 15 is 0 Å². The van der Waals surface area contributed by atoms with Crippen LogP contribution in [0.3, 0.4) is 0 Å². The van der Waals surface area contributed by atoms with Gasteiger partial charge in [-0.05, 0) is 35.4 Å². The number of imide groups is 1. The largest absolute Gasteiger partial charge is 0.497 e. The lowest BCUT2D eigenvalue weighted by atomic mass is 10.1. The molecule has 5 nitrogen and oxygen atoms in total. The van der Waals surface area contributed by atoms with E-state index in [0.717, 1.165) is 10.5 Å². The second-order valence-electron chi connectivity index (χ2n) is 4.97. The quantitative estimate of drug-likeness (QED) is 0.809. The van der Waals surface area contributed by atoms with Crippen molar-refractivity contribution in [1.29, 1.82) is 0 Å². The summed E-state index contributed by atoms with van der Waals surface area (Å²) in [4.78, 5) is 30.0. The van der Waals surface area contributed by atoms with Gasteiger partial charge < -0.3 is 4.74 Å². The number of methoxy groups -OCH3 is 1. The first-order chi connectivity index (χ1) is 11.1. The maximum absolute atomic E-state index is 12.6. The molecule has 0 spiro atoms. The van der Waals surface area contributed by atoms with Crippen LogP contribution in [0.4, 0.5) is 0 Å². The van der Waals surface area contributed by atoms with Gasteiger partial charge in [0, 0.05) is 12.4 Å². The van der Waals surface area contributed by atoms with Gasteiger partial charge in [0.2, 0.25) is 0 Å². The first-order valence-corrected chi connectivity index (χ1v) is 7.29. The molecule has 0 aliphatic carbocycles. The van der Waals surface area contributed by atoms with Crippen molar-refractivity contribution in [2.24, 2.45) is 0 Å². The van der Waals surface area contributed by atoms with Gasteiger partial charge in [-0.15, -0.1) is 0 Å². The second-order valence-corrected chi connectivity index (χ2v) is 5.35. The van der Waals surface area contributed by atoms with Crippen LogP contribution >= 0.6 is 11.6 Å². The summed E-state index contributed by atoms with van der Waals surface area (Å²) < 4.78 is 5.09. The minimum absolute atomic E-state index is 0.0609. The number of rotatable bonds is 4. The van der Waals surface area contributed by atoms with E-state index in [2.05, 4.69) is 4.98 Å². The molecule has 1 aliphatic rings. The van der Waals surface area contributed by atoms with Crippen LogP contribution in [0.15, 0.2) is 53.8 Å². The molecule has 0 radical (unpaired) electrons. The summed E-state index contributed by atoms with van der Waals surface area (Å²) in [5.74, 6) is -0.225. The zero-order chi connectivity index (χ0) is 16.4. The first kappa shape index (κ1) is 15.2. The van der Waals surface area contributed by atoms with Gasteiger partial charge in [-0.25, -0.2) is 0 Å². The first-order valence-electron chi connectivity index (χ1n) is 6.91. The maximum Gasteiger partial charge on any atom is 0.273 e. The van der Waals surface area contributed by atoms with E-state index in [1.54, 1.807) is 55.9 Å². The number of aromatic nitrogens is 1. The number of ether oxygens (including phenoxy) is 1. The summed E-state index contributed by atoms with van der Waals surface area (Å²) in [6.07, 6.45) is 3.22. The molecule has 2 amide bonds. The summed E-state index contributed by atoms with van der Waals surface area (Å²) in [5.41, 5.74) is 1.61. The Balaban J connectivity index is 1.89. The molecule has 0 N–H and O–H groups in total. The predicted octanol–water partition coefficient (Wildman–Crippen LogP) is 2.61. The van der Waals surface area contributed by atoms with Crippen molar-refractivity contribution in [3.05, 3.63) is 65.0 Å². The van der Waals surface area contributed by atoms with Crippen LogP contribution < -0.4 is 4.74 Å². The van der Waals surface area contributed by atoms with Gasteiger partial charge in [0.1, 0.15) is 10.8 Å². The molecule has 1 aromatic carbocycles. The Kier molecular flexibility index (Phi) is 4.12. The minimum Gasteiger partial charge on any atom is -0.497 e. The third-order valence-electron chi connectivity index (χ3n) is 3.58. The SMILES string of the molecule is COc1ccc(C2=C(Cl)C(=O)N(Cc3ccncc3)C2=O)cc1. The van der Waals surface area contributed by atoms with Crippen LogP contribution in [0.1, 0.15) is 11.1 Å². The van der Waals surface area contributed by atoms with E-state index in [-0.39, 0.29) is 17.2 Å². The van der Waals surface area contributed by atoms with Gasteiger partial charge in [-0.2, -0.15) is 0 Å². The Morgan fingerprint density at radius 1 is 1.04 bits per heavy atom. The van der Waals surface area contributed by atoms with Gasteiger partial charge in [0.15, 0.2) is 0 Å². The highest BCUT2D eigenvalue weighted by molar-refractivity contribution is 6.55. The Bertz CT molecular complexity index is 785. The molecule has 0 unspecified atom stereocenters. The molecule has 3 rings (SSSR count). The average Bonchev–Trinajstić information content (AvgIpc) is 2.80. The highest BCUT2D eigenvalue weighted by Gasteiger charge is 2.38. The fourth-order valence-electron chi connectivity index (χ4n) is 2.37. The maximum atomic E-state index is 12.6. The summed E-state index contributed by atoms with van der Waals surface area (Å²) in [5, 5.41) is -0.0609. The molecule has 0 saturated heterocycles. The number of hydrogen-bond donors (Lipinski definition) is 0. The zero-order valence-corrected chi connectivity index (χ0v) is 13.1. The molecule has 1 aliphatic heterocycles. The highest BCUT2D eigenvalue weighted by atomic mass is 35.5. The predicted molar refractivity (Wildman–Crippen MR) is 85.6 cm³/mol. The summed E-state index contributed by atoms with van der Waals surface area (Å²) in [6.45, 7) is 0.163. The van der Waals surface area contributed by atoms with Crippen molar-refractivity contribution < 1.29 is 14.3 Å². The topological polar surface area (TPSA) is 59.5 Å². The fraction of sp³-hybridized carbons (Fsp3) is 0.118. The summed E-state index contributed by atoms with van der Waals surface area (Å²) >= 11 is 6.12. The van der Waals surface area contributed by atoms with Crippen LogP contribution in [-0.2, 0) is 16.1 Å². The molecule has 0 saturated carbocycles. The molecule has 0 fully saturated rings. The number of hydrogen-bond acceptors (Lipinski definition) is 4. The Labute approximate surface area is 138 Å². The van der Waals surface area contributed by atoms with Crippen molar-refractivity contribution in [1.82, 2.24) is 9.88 Å². The van der Waals surface area contributed by atoms with Crippen molar-refractivity contribution in [2.75, 3.05) is 7.11 Å². The van der Waals surface area contributed by atoms with Gasteiger partial charge in [-0.3, -0.25) is 19.5 Å². The second kappa shape index (κ2) is 6.22. The molecule has 0 atom stereocenters. The van der Waals surface area contributed by atoms with Crippen LogP contribution in [0.2, 0.25) is 0 Å². The van der Waals surface area contributed by atoms with E-state index in [1.165, 1.54) is 0 Å². The monoisotopic (exact) mass is 328 g/mol. The number of benzene rings is 1. The Hall–Kier alpha value is -2.66. The normalized spacial score (nSPS) is 14.6. The molecule has 1 aromatic heterocycles. The van der Waals surface area contributed by atoms with Crippen LogP contribution in [-0.4, -0.2) is 28.8 Å².